The normalized spacial score (nSPS) is 21.3. The second-order valence-corrected chi connectivity index (χ2v) is 10.5. The molecule has 0 radical (unpaired) electrons. The fraction of sp³-hybridized carbons (Fsp3) is 0.690. The van der Waals surface area contributed by atoms with Crippen LogP contribution in [0.2, 0.25) is 0 Å². The van der Waals surface area contributed by atoms with Crippen molar-refractivity contribution >= 4 is 5.91 Å². The maximum absolute atomic E-state index is 12.8. The first-order valence-corrected chi connectivity index (χ1v) is 13.6. The van der Waals surface area contributed by atoms with Crippen molar-refractivity contribution in [3.8, 4) is 23.3 Å². The van der Waals surface area contributed by atoms with E-state index in [1.165, 1.54) is 25.7 Å². The Hall–Kier alpha value is -2.23. The van der Waals surface area contributed by atoms with E-state index in [1.54, 1.807) is 0 Å². The zero-order chi connectivity index (χ0) is 24.5. The standard InChI is InChI=1S/C29H41NO5/c31-27(12-6-2-7-15-29(33)16-8-3-9-17-29)30-24(20-22-10-4-1-5-11-22)28(32)23-13-14-25-26(21-23)35-19-18-34-25/h13-14,21-22,24,28,32-33H,1-6,8-12,16-20H2,(H,30,31)/t24-,28?/m1/s1. The number of fused-ring (bicyclic) bond motifs is 1. The maximum Gasteiger partial charge on any atom is 0.220 e. The van der Waals surface area contributed by atoms with Crippen LogP contribution in [0.5, 0.6) is 11.5 Å². The number of amides is 1. The lowest BCUT2D eigenvalue weighted by atomic mass is 9.82. The molecule has 1 aromatic carbocycles. The average Bonchev–Trinajstić information content (AvgIpc) is 2.88. The lowest BCUT2D eigenvalue weighted by molar-refractivity contribution is -0.123. The quantitative estimate of drug-likeness (QED) is 0.365. The van der Waals surface area contributed by atoms with Crippen molar-refractivity contribution in [3.05, 3.63) is 23.8 Å². The minimum absolute atomic E-state index is 0.0550. The fourth-order valence-corrected chi connectivity index (χ4v) is 5.63. The van der Waals surface area contributed by atoms with E-state index in [9.17, 15) is 15.0 Å². The molecule has 3 N–H and O–H groups in total. The van der Waals surface area contributed by atoms with Crippen LogP contribution >= 0.6 is 0 Å². The van der Waals surface area contributed by atoms with E-state index in [-0.39, 0.29) is 11.9 Å². The van der Waals surface area contributed by atoms with Gasteiger partial charge >= 0.3 is 0 Å². The Kier molecular flexibility index (Phi) is 9.34. The summed E-state index contributed by atoms with van der Waals surface area (Å²) in [5, 5.41) is 24.9. The van der Waals surface area contributed by atoms with Crippen LogP contribution in [0, 0.1) is 17.8 Å². The number of hydrogen-bond donors (Lipinski definition) is 3. The number of ether oxygens (including phenoxy) is 2. The van der Waals surface area contributed by atoms with E-state index < -0.39 is 11.7 Å². The van der Waals surface area contributed by atoms with Gasteiger partial charge in [-0.15, -0.1) is 5.92 Å². The third kappa shape index (κ3) is 7.62. The second kappa shape index (κ2) is 12.6. The summed E-state index contributed by atoms with van der Waals surface area (Å²) in [7, 11) is 0. The summed E-state index contributed by atoms with van der Waals surface area (Å²) in [4.78, 5) is 12.8. The number of unbranched alkanes of at least 4 members (excludes halogenated alkanes) is 1. The molecule has 35 heavy (non-hydrogen) atoms. The molecule has 0 aromatic heterocycles. The first kappa shape index (κ1) is 25.9. The number of aliphatic hydroxyl groups is 2. The molecule has 6 nitrogen and oxygen atoms in total. The van der Waals surface area contributed by atoms with E-state index >= 15 is 0 Å². The summed E-state index contributed by atoms with van der Waals surface area (Å²) in [6.07, 6.45) is 12.3. The van der Waals surface area contributed by atoms with Crippen LogP contribution in [0.3, 0.4) is 0 Å². The van der Waals surface area contributed by atoms with Gasteiger partial charge in [-0.2, -0.15) is 0 Å². The Labute approximate surface area is 209 Å². The Bertz CT molecular complexity index is 892. The van der Waals surface area contributed by atoms with Gasteiger partial charge in [-0.05, 0) is 62.1 Å². The average molecular weight is 484 g/mol. The highest BCUT2D eigenvalue weighted by Gasteiger charge is 2.29. The third-order valence-corrected chi connectivity index (χ3v) is 7.65. The lowest BCUT2D eigenvalue weighted by Gasteiger charge is -2.31. The molecule has 2 saturated carbocycles. The lowest BCUT2D eigenvalue weighted by Crippen LogP contribution is -2.41. The SMILES string of the molecule is O=C(CCCC#CC1(O)CCCCC1)N[C@H](CC1CCCCC1)C(O)c1ccc2c(c1)OCCO2. The highest BCUT2D eigenvalue weighted by atomic mass is 16.6. The van der Waals surface area contributed by atoms with Gasteiger partial charge in [0, 0.05) is 12.8 Å². The first-order valence-electron chi connectivity index (χ1n) is 13.6. The molecule has 1 unspecified atom stereocenters. The van der Waals surface area contributed by atoms with Crippen LogP contribution < -0.4 is 14.8 Å². The molecule has 0 saturated heterocycles. The highest BCUT2D eigenvalue weighted by molar-refractivity contribution is 5.76. The summed E-state index contributed by atoms with van der Waals surface area (Å²) in [6, 6.07) is 5.20. The second-order valence-electron chi connectivity index (χ2n) is 10.5. The van der Waals surface area contributed by atoms with Gasteiger partial charge in [-0.1, -0.05) is 50.5 Å². The van der Waals surface area contributed by atoms with Gasteiger partial charge in [0.05, 0.1) is 12.1 Å². The van der Waals surface area contributed by atoms with Crippen LogP contribution in [-0.2, 0) is 4.79 Å². The molecule has 2 atom stereocenters. The Morgan fingerprint density at radius 1 is 1.06 bits per heavy atom. The van der Waals surface area contributed by atoms with Gasteiger partial charge in [0.15, 0.2) is 11.5 Å². The summed E-state index contributed by atoms with van der Waals surface area (Å²) >= 11 is 0. The molecule has 192 valence electrons. The van der Waals surface area contributed by atoms with Crippen molar-refractivity contribution in [2.45, 2.75) is 108 Å². The first-order chi connectivity index (χ1) is 17.0. The number of rotatable bonds is 8. The molecule has 2 aliphatic carbocycles. The van der Waals surface area contributed by atoms with Crippen LogP contribution in [0.1, 0.15) is 102 Å². The van der Waals surface area contributed by atoms with E-state index in [1.807, 2.05) is 18.2 Å². The van der Waals surface area contributed by atoms with E-state index in [2.05, 4.69) is 17.2 Å². The molecule has 2 fully saturated rings. The molecule has 1 aromatic rings. The van der Waals surface area contributed by atoms with Crippen molar-refractivity contribution in [1.82, 2.24) is 5.32 Å². The number of aliphatic hydroxyl groups excluding tert-OH is 1. The zero-order valence-electron chi connectivity index (χ0n) is 20.9. The molecular weight excluding hydrogens is 442 g/mol. The Morgan fingerprint density at radius 2 is 1.77 bits per heavy atom. The summed E-state index contributed by atoms with van der Waals surface area (Å²) in [5.74, 6) is 7.94. The molecule has 3 aliphatic rings. The van der Waals surface area contributed by atoms with Crippen molar-refractivity contribution < 1.29 is 24.5 Å². The third-order valence-electron chi connectivity index (χ3n) is 7.65. The molecule has 0 spiro atoms. The topological polar surface area (TPSA) is 88.0 Å². The maximum atomic E-state index is 12.8. The minimum Gasteiger partial charge on any atom is -0.486 e. The predicted octanol–water partition coefficient (Wildman–Crippen LogP) is 4.82. The van der Waals surface area contributed by atoms with Crippen molar-refractivity contribution in [3.63, 3.8) is 0 Å². The monoisotopic (exact) mass is 483 g/mol. The molecule has 4 rings (SSSR count). The van der Waals surface area contributed by atoms with E-state index in [0.29, 0.717) is 49.9 Å². The number of nitrogens with one attached hydrogen (secondary N) is 1. The van der Waals surface area contributed by atoms with Crippen LogP contribution in [0.25, 0.3) is 0 Å². The smallest absolute Gasteiger partial charge is 0.220 e. The number of carbonyl (C=O) groups excluding carboxylic acids is 1. The van der Waals surface area contributed by atoms with Crippen molar-refractivity contribution in [2.24, 2.45) is 5.92 Å². The molecule has 1 aliphatic heterocycles. The largest absolute Gasteiger partial charge is 0.486 e. The van der Waals surface area contributed by atoms with Gasteiger partial charge in [0.2, 0.25) is 5.91 Å². The summed E-state index contributed by atoms with van der Waals surface area (Å²) in [5.41, 5.74) is -0.0961. The van der Waals surface area contributed by atoms with Gasteiger partial charge in [-0.3, -0.25) is 4.79 Å². The Balaban J connectivity index is 1.34. The summed E-state index contributed by atoms with van der Waals surface area (Å²) < 4.78 is 11.3. The zero-order valence-corrected chi connectivity index (χ0v) is 20.9. The van der Waals surface area contributed by atoms with Gasteiger partial charge in [0.1, 0.15) is 18.8 Å². The van der Waals surface area contributed by atoms with Gasteiger partial charge < -0.3 is 25.0 Å². The predicted molar refractivity (Wildman–Crippen MR) is 135 cm³/mol. The minimum atomic E-state index is -0.834. The van der Waals surface area contributed by atoms with Crippen LogP contribution in [0.4, 0.5) is 0 Å². The highest BCUT2D eigenvalue weighted by Crippen LogP contribution is 2.36. The molecule has 6 heteroatoms. The number of hydrogen-bond acceptors (Lipinski definition) is 5. The molecule has 1 amide bonds. The molecular formula is C29H41NO5. The van der Waals surface area contributed by atoms with Crippen LogP contribution in [-0.4, -0.2) is 41.0 Å². The fourth-order valence-electron chi connectivity index (χ4n) is 5.63. The van der Waals surface area contributed by atoms with Crippen molar-refractivity contribution in [1.29, 1.82) is 0 Å². The number of benzene rings is 1. The van der Waals surface area contributed by atoms with Crippen LogP contribution in [0.15, 0.2) is 18.2 Å². The number of carbonyl (C=O) groups is 1. The van der Waals surface area contributed by atoms with Crippen molar-refractivity contribution in [2.75, 3.05) is 13.2 Å². The van der Waals surface area contributed by atoms with Gasteiger partial charge in [-0.25, -0.2) is 0 Å². The Morgan fingerprint density at radius 3 is 2.54 bits per heavy atom. The van der Waals surface area contributed by atoms with E-state index in [0.717, 1.165) is 50.5 Å². The summed E-state index contributed by atoms with van der Waals surface area (Å²) in [6.45, 7) is 1.02. The molecule has 1 heterocycles. The van der Waals surface area contributed by atoms with E-state index in [4.69, 9.17) is 9.47 Å². The van der Waals surface area contributed by atoms with Gasteiger partial charge in [0.25, 0.3) is 0 Å². The molecule has 0 bridgehead atoms.